The van der Waals surface area contributed by atoms with Crippen LogP contribution in [0.2, 0.25) is 5.02 Å². The van der Waals surface area contributed by atoms with E-state index in [0.29, 0.717) is 11.6 Å². The molecule has 1 unspecified atom stereocenters. The van der Waals surface area contributed by atoms with Crippen LogP contribution in [0.3, 0.4) is 0 Å². The van der Waals surface area contributed by atoms with Gasteiger partial charge in [-0.2, -0.15) is 5.10 Å². The molecule has 6 heteroatoms. The van der Waals surface area contributed by atoms with Crippen LogP contribution < -0.4 is 0 Å². The minimum absolute atomic E-state index is 0. The molecule has 2 aromatic rings. The van der Waals surface area contributed by atoms with Crippen LogP contribution in [0, 0.1) is 63.7 Å². The van der Waals surface area contributed by atoms with Crippen molar-refractivity contribution >= 4 is 11.6 Å². The summed E-state index contributed by atoms with van der Waals surface area (Å²) in [5.74, 6) is 1.13. The number of aromatic nitrogens is 3. The number of allylic oxidation sites excluding steroid dienone is 1. The standard InChI is InChI=1S/C18H17ClN3O.C5H5.Fe/c1-23-18(15-7-4-8-17(19)10-15)16(9-14-5-2-3-6-14)11-22-13-20-12-21-22;1-2-4-5-3-1;/h2-10,12-13,18H,11H2,1H3;1-5H;/q;;+2/b16-9+;;. The van der Waals surface area contributed by atoms with Crippen LogP contribution >= 0.6 is 11.6 Å². The van der Waals surface area contributed by atoms with Gasteiger partial charge in [-0.05, 0) is 81.1 Å². The molecule has 2 saturated carbocycles. The zero-order chi connectivity index (χ0) is 19.6. The molecule has 0 saturated heterocycles. The van der Waals surface area contributed by atoms with Crippen LogP contribution in [0.1, 0.15) is 11.7 Å². The molecule has 4 rings (SSSR count). The van der Waals surface area contributed by atoms with Crippen LogP contribution in [0.15, 0.2) is 48.6 Å². The van der Waals surface area contributed by atoms with Gasteiger partial charge in [-0.1, -0.05) is 29.8 Å². The Morgan fingerprint density at radius 3 is 2.34 bits per heavy atom. The van der Waals surface area contributed by atoms with E-state index in [-0.39, 0.29) is 23.2 Å². The van der Waals surface area contributed by atoms with Gasteiger partial charge in [0.25, 0.3) is 0 Å². The van der Waals surface area contributed by atoms with Gasteiger partial charge in [-0.3, -0.25) is 0 Å². The molecule has 0 N–H and O–H groups in total. The Morgan fingerprint density at radius 1 is 1.10 bits per heavy atom. The molecule has 1 atom stereocenters. The van der Waals surface area contributed by atoms with Gasteiger partial charge in [0.15, 0.2) is 0 Å². The summed E-state index contributed by atoms with van der Waals surface area (Å²) in [7, 11) is 1.70. The molecule has 2 fully saturated rings. The first-order valence-electron chi connectivity index (χ1n) is 8.96. The smallest absolute Gasteiger partial charge is 0.372 e. The van der Waals surface area contributed by atoms with Crippen molar-refractivity contribution in [2.45, 2.75) is 12.6 Å². The molecule has 0 spiro atoms. The van der Waals surface area contributed by atoms with Crippen LogP contribution in [0.5, 0.6) is 0 Å². The third-order valence-electron chi connectivity index (χ3n) is 4.13. The van der Waals surface area contributed by atoms with Gasteiger partial charge in [0.2, 0.25) is 0 Å². The van der Waals surface area contributed by atoms with Crippen LogP contribution in [-0.4, -0.2) is 21.9 Å². The largest absolute Gasteiger partial charge is 2.00 e. The van der Waals surface area contributed by atoms with Crippen LogP contribution in [0.25, 0.3) is 0 Å². The quantitative estimate of drug-likeness (QED) is 0.604. The summed E-state index contributed by atoms with van der Waals surface area (Å²) in [5, 5.41) is 4.89. The summed E-state index contributed by atoms with van der Waals surface area (Å²) in [6.45, 7) is 0.593. The van der Waals surface area contributed by atoms with Crippen LogP contribution in [-0.2, 0) is 28.4 Å². The molecule has 10 radical (unpaired) electrons. The SMILES string of the molecule is COC(/C(=C/[C]1[CH][CH][CH][CH]1)Cn1cncn1)c1cccc(Cl)c1.[CH]1[CH][CH][CH][CH]1.[Fe+2]. The van der Waals surface area contributed by atoms with Crippen molar-refractivity contribution in [2.24, 2.45) is 0 Å². The van der Waals surface area contributed by atoms with Crippen molar-refractivity contribution in [1.29, 1.82) is 0 Å². The van der Waals surface area contributed by atoms with E-state index >= 15 is 0 Å². The number of nitrogens with zero attached hydrogens (tertiary/aromatic N) is 3. The molecule has 0 amide bonds. The number of ether oxygens (including phenoxy) is 1. The summed E-state index contributed by atoms with van der Waals surface area (Å²) in [4.78, 5) is 4.01. The molecule has 0 bridgehead atoms. The van der Waals surface area contributed by atoms with Crippen molar-refractivity contribution in [1.82, 2.24) is 14.8 Å². The Labute approximate surface area is 190 Å². The van der Waals surface area contributed by atoms with E-state index in [1.807, 2.05) is 69.2 Å². The number of hydrogen-bond donors (Lipinski definition) is 0. The molecular formula is C23H22ClFeN3O+2. The molecule has 1 heterocycles. The van der Waals surface area contributed by atoms with E-state index in [0.717, 1.165) is 17.1 Å². The van der Waals surface area contributed by atoms with Gasteiger partial charge >= 0.3 is 17.1 Å². The second-order valence-electron chi connectivity index (χ2n) is 6.16. The van der Waals surface area contributed by atoms with Crippen molar-refractivity contribution in [3.63, 3.8) is 0 Å². The molecule has 29 heavy (non-hydrogen) atoms. The first-order valence-corrected chi connectivity index (χ1v) is 9.33. The Balaban J connectivity index is 0.000000437. The Morgan fingerprint density at radius 2 is 1.79 bits per heavy atom. The summed E-state index contributed by atoms with van der Waals surface area (Å²) >= 11 is 6.13. The summed E-state index contributed by atoms with van der Waals surface area (Å²) in [5.41, 5.74) is 2.09. The molecule has 4 nitrogen and oxygen atoms in total. The van der Waals surface area contributed by atoms with E-state index in [1.165, 1.54) is 6.33 Å². The van der Waals surface area contributed by atoms with Crippen molar-refractivity contribution in [3.05, 3.63) is 123 Å². The van der Waals surface area contributed by atoms with E-state index in [1.54, 1.807) is 18.1 Å². The number of methoxy groups -OCH3 is 1. The van der Waals surface area contributed by atoms with E-state index < -0.39 is 0 Å². The topological polar surface area (TPSA) is 39.9 Å². The molecule has 148 valence electrons. The summed E-state index contributed by atoms with van der Waals surface area (Å²) < 4.78 is 7.55. The fourth-order valence-electron chi connectivity index (χ4n) is 2.90. The Kier molecular flexibility index (Phi) is 11.0. The number of halogens is 1. The second-order valence-corrected chi connectivity index (χ2v) is 6.60. The van der Waals surface area contributed by atoms with Gasteiger partial charge in [0.05, 0.1) is 6.54 Å². The van der Waals surface area contributed by atoms with Crippen molar-refractivity contribution < 1.29 is 21.8 Å². The third-order valence-corrected chi connectivity index (χ3v) is 4.37. The minimum Gasteiger partial charge on any atom is -0.372 e. The number of benzene rings is 1. The Hall–Kier alpha value is -1.13. The zero-order valence-electron chi connectivity index (χ0n) is 16.0. The van der Waals surface area contributed by atoms with Gasteiger partial charge in [-0.15, -0.1) is 0 Å². The molecular weight excluding hydrogens is 426 g/mol. The summed E-state index contributed by atoms with van der Waals surface area (Å²) in [6.07, 6.45) is 23.3. The molecule has 0 aliphatic heterocycles. The first-order chi connectivity index (χ1) is 13.8. The van der Waals surface area contributed by atoms with Crippen molar-refractivity contribution in [2.75, 3.05) is 7.11 Å². The number of hydrogen-bond acceptors (Lipinski definition) is 3. The normalized spacial score (nSPS) is 18.1. The molecule has 1 aromatic carbocycles. The Bertz CT molecular complexity index is 718. The number of rotatable bonds is 6. The van der Waals surface area contributed by atoms with Gasteiger partial charge in [-0.25, -0.2) is 9.67 Å². The van der Waals surface area contributed by atoms with Gasteiger partial charge in [0, 0.05) is 18.1 Å². The van der Waals surface area contributed by atoms with Crippen LogP contribution in [0.4, 0.5) is 0 Å². The van der Waals surface area contributed by atoms with Crippen molar-refractivity contribution in [3.8, 4) is 0 Å². The van der Waals surface area contributed by atoms with Gasteiger partial charge < -0.3 is 4.74 Å². The molecule has 2 aliphatic carbocycles. The van der Waals surface area contributed by atoms with E-state index in [2.05, 4.69) is 29.0 Å². The summed E-state index contributed by atoms with van der Waals surface area (Å²) in [6, 6.07) is 7.73. The third kappa shape index (κ3) is 7.90. The predicted molar refractivity (Wildman–Crippen MR) is 111 cm³/mol. The predicted octanol–water partition coefficient (Wildman–Crippen LogP) is 4.67. The zero-order valence-corrected chi connectivity index (χ0v) is 17.9. The van der Waals surface area contributed by atoms with E-state index in [9.17, 15) is 0 Å². The van der Waals surface area contributed by atoms with Gasteiger partial charge in [0.1, 0.15) is 18.8 Å². The first kappa shape index (κ1) is 24.1. The maximum Gasteiger partial charge on any atom is 2.00 e. The van der Waals surface area contributed by atoms with E-state index in [4.69, 9.17) is 16.3 Å². The average molecular weight is 448 g/mol. The molecule has 2 aliphatic rings. The molecule has 1 aromatic heterocycles. The maximum atomic E-state index is 6.13. The average Bonchev–Trinajstić information content (AvgIpc) is 3.48. The maximum absolute atomic E-state index is 6.13. The monoisotopic (exact) mass is 447 g/mol. The fourth-order valence-corrected chi connectivity index (χ4v) is 3.10. The fraction of sp³-hybridized carbons (Fsp3) is 0.130. The second kappa shape index (κ2) is 13.2. The minimum atomic E-state index is -0.201.